The van der Waals surface area contributed by atoms with Gasteiger partial charge in [0, 0.05) is 66.1 Å². The maximum Gasteiger partial charge on any atom is 0.308 e. The van der Waals surface area contributed by atoms with Crippen LogP contribution in [0.4, 0.5) is 5.69 Å². The van der Waals surface area contributed by atoms with Crippen LogP contribution in [0.15, 0.2) is 52.3 Å². The Bertz CT molecular complexity index is 1310. The highest BCUT2D eigenvalue weighted by atomic mass is 32.2. The third kappa shape index (κ3) is 6.49. The van der Waals surface area contributed by atoms with E-state index >= 15 is 0 Å². The molecular formula is C26H27NO9S. The van der Waals surface area contributed by atoms with Crippen molar-refractivity contribution in [2.45, 2.75) is 50.3 Å². The fourth-order valence-electron chi connectivity index (χ4n) is 3.46. The average molecular weight is 530 g/mol. The summed E-state index contributed by atoms with van der Waals surface area (Å²) in [7, 11) is 0. The molecule has 11 heteroatoms. The summed E-state index contributed by atoms with van der Waals surface area (Å²) in [5.74, 6) is -0.869. The normalized spacial score (nSPS) is 11.6. The van der Waals surface area contributed by atoms with E-state index in [1.54, 1.807) is 18.2 Å². The molecule has 0 aliphatic rings. The Labute approximate surface area is 216 Å². The number of rotatable bonds is 11. The van der Waals surface area contributed by atoms with E-state index in [0.29, 0.717) is 33.4 Å². The Morgan fingerprint density at radius 1 is 0.784 bits per heavy atom. The first-order chi connectivity index (χ1) is 17.7. The SMILES string of the molecule is CCCOc1c(OCCC)c(OC(C)=O)c2cc([S+]([O-])c3ccc([N+](=O)[O-])cc3)ccc2c1OC(C)=O. The average Bonchev–Trinajstić information content (AvgIpc) is 2.87. The van der Waals surface area contributed by atoms with Crippen LogP contribution in [-0.2, 0) is 20.8 Å². The number of hydrogen-bond donors (Lipinski definition) is 0. The monoisotopic (exact) mass is 529 g/mol. The second kappa shape index (κ2) is 12.4. The number of hydrogen-bond acceptors (Lipinski definition) is 9. The van der Waals surface area contributed by atoms with E-state index in [1.807, 2.05) is 13.8 Å². The number of nitro groups is 1. The molecule has 0 N–H and O–H groups in total. The molecule has 0 saturated carbocycles. The lowest BCUT2D eigenvalue weighted by Crippen LogP contribution is -2.11. The molecule has 0 fully saturated rings. The number of nitro benzene ring substituents is 1. The van der Waals surface area contributed by atoms with Crippen molar-refractivity contribution >= 4 is 39.6 Å². The Kier molecular flexibility index (Phi) is 9.31. The molecule has 0 heterocycles. The van der Waals surface area contributed by atoms with Gasteiger partial charge < -0.3 is 23.5 Å². The van der Waals surface area contributed by atoms with Crippen molar-refractivity contribution in [2.75, 3.05) is 13.2 Å². The van der Waals surface area contributed by atoms with Gasteiger partial charge in [-0.3, -0.25) is 19.7 Å². The van der Waals surface area contributed by atoms with Gasteiger partial charge in [0.2, 0.25) is 11.5 Å². The van der Waals surface area contributed by atoms with E-state index in [4.69, 9.17) is 18.9 Å². The maximum absolute atomic E-state index is 13.3. The van der Waals surface area contributed by atoms with Crippen molar-refractivity contribution < 1.29 is 38.0 Å². The molecule has 3 aromatic carbocycles. The zero-order valence-electron chi connectivity index (χ0n) is 20.9. The third-order valence-electron chi connectivity index (χ3n) is 4.97. The Balaban J connectivity index is 2.28. The lowest BCUT2D eigenvalue weighted by Gasteiger charge is -2.21. The Morgan fingerprint density at radius 3 is 1.73 bits per heavy atom. The molecule has 196 valence electrons. The third-order valence-corrected chi connectivity index (χ3v) is 6.35. The number of non-ortho nitro benzene ring substituents is 1. The van der Waals surface area contributed by atoms with E-state index in [-0.39, 0.29) is 41.9 Å². The van der Waals surface area contributed by atoms with Gasteiger partial charge in [0.1, 0.15) is 0 Å². The number of ether oxygens (including phenoxy) is 4. The maximum atomic E-state index is 13.3. The number of nitrogens with zero attached hydrogens (tertiary/aromatic N) is 1. The minimum Gasteiger partial charge on any atom is -0.606 e. The topological polar surface area (TPSA) is 137 Å². The van der Waals surface area contributed by atoms with Gasteiger partial charge in [-0.2, -0.15) is 0 Å². The zero-order chi connectivity index (χ0) is 27.1. The molecule has 0 aliphatic heterocycles. The standard InChI is InChI=1S/C26H27NO9S/c1-5-13-33-25-23(35-16(3)28)21-12-11-20(37(32)19-9-7-18(8-10-19)27(30)31)15-22(21)24(36-17(4)29)26(25)34-14-6-2/h7-12,15H,5-6,13-14H2,1-4H3. The molecule has 3 rings (SSSR count). The Hall–Kier alpha value is -3.83. The lowest BCUT2D eigenvalue weighted by molar-refractivity contribution is -0.384. The van der Waals surface area contributed by atoms with E-state index in [2.05, 4.69) is 0 Å². The summed E-state index contributed by atoms with van der Waals surface area (Å²) in [6.07, 6.45) is 1.29. The molecule has 0 aromatic heterocycles. The predicted molar refractivity (Wildman–Crippen MR) is 136 cm³/mol. The molecule has 1 atom stereocenters. The molecule has 0 aliphatic carbocycles. The predicted octanol–water partition coefficient (Wildman–Crippen LogP) is 5.34. The summed E-state index contributed by atoms with van der Waals surface area (Å²) in [5, 5.41) is 11.7. The van der Waals surface area contributed by atoms with Crippen LogP contribution in [0, 0.1) is 10.1 Å². The van der Waals surface area contributed by atoms with Crippen molar-refractivity contribution in [3.63, 3.8) is 0 Å². The molecular weight excluding hydrogens is 502 g/mol. The molecule has 0 spiro atoms. The van der Waals surface area contributed by atoms with Crippen LogP contribution in [0.2, 0.25) is 0 Å². The van der Waals surface area contributed by atoms with Crippen molar-refractivity contribution in [2.24, 2.45) is 0 Å². The molecule has 3 aromatic rings. The van der Waals surface area contributed by atoms with Crippen molar-refractivity contribution in [1.29, 1.82) is 0 Å². The molecule has 0 bridgehead atoms. The lowest BCUT2D eigenvalue weighted by atomic mass is 10.1. The first kappa shape index (κ1) is 27.8. The van der Waals surface area contributed by atoms with Gasteiger partial charge in [-0.15, -0.1) is 0 Å². The zero-order valence-corrected chi connectivity index (χ0v) is 21.7. The highest BCUT2D eigenvalue weighted by Gasteiger charge is 2.28. The molecule has 1 unspecified atom stereocenters. The smallest absolute Gasteiger partial charge is 0.308 e. The van der Waals surface area contributed by atoms with Crippen LogP contribution in [0.5, 0.6) is 23.0 Å². The van der Waals surface area contributed by atoms with E-state index < -0.39 is 28.0 Å². The number of carbonyl (C=O) groups excluding carboxylic acids is 2. The highest BCUT2D eigenvalue weighted by molar-refractivity contribution is 7.91. The van der Waals surface area contributed by atoms with Crippen LogP contribution < -0.4 is 18.9 Å². The minimum absolute atomic E-state index is 0.0421. The van der Waals surface area contributed by atoms with Gasteiger partial charge in [-0.05, 0) is 25.0 Å². The van der Waals surface area contributed by atoms with Gasteiger partial charge >= 0.3 is 11.9 Å². The molecule has 37 heavy (non-hydrogen) atoms. The fraction of sp³-hybridized carbons (Fsp3) is 0.308. The van der Waals surface area contributed by atoms with Crippen molar-refractivity contribution in [1.82, 2.24) is 0 Å². The van der Waals surface area contributed by atoms with Crippen LogP contribution >= 0.6 is 0 Å². The molecule has 10 nitrogen and oxygen atoms in total. The summed E-state index contributed by atoms with van der Waals surface area (Å²) in [5.41, 5.74) is -0.125. The number of esters is 2. The van der Waals surface area contributed by atoms with Gasteiger partial charge in [-0.1, -0.05) is 13.8 Å². The summed E-state index contributed by atoms with van der Waals surface area (Å²) < 4.78 is 36.3. The van der Waals surface area contributed by atoms with E-state index in [1.165, 1.54) is 38.1 Å². The number of benzene rings is 3. The summed E-state index contributed by atoms with van der Waals surface area (Å²) in [6.45, 7) is 6.84. The second-order valence-electron chi connectivity index (χ2n) is 7.93. The van der Waals surface area contributed by atoms with Gasteiger partial charge in [0.25, 0.3) is 5.69 Å². The second-order valence-corrected chi connectivity index (χ2v) is 9.41. The van der Waals surface area contributed by atoms with Gasteiger partial charge in [-0.25, -0.2) is 0 Å². The van der Waals surface area contributed by atoms with Crippen molar-refractivity contribution in [3.8, 4) is 23.0 Å². The van der Waals surface area contributed by atoms with E-state index in [0.717, 1.165) is 0 Å². The van der Waals surface area contributed by atoms with Crippen LogP contribution in [0.3, 0.4) is 0 Å². The van der Waals surface area contributed by atoms with Gasteiger partial charge in [0.15, 0.2) is 21.3 Å². The largest absolute Gasteiger partial charge is 0.606 e. The minimum atomic E-state index is -1.73. The quantitative estimate of drug-likeness (QED) is 0.106. The van der Waals surface area contributed by atoms with Gasteiger partial charge in [0.05, 0.1) is 18.1 Å². The van der Waals surface area contributed by atoms with Crippen LogP contribution in [0.1, 0.15) is 40.5 Å². The van der Waals surface area contributed by atoms with Crippen LogP contribution in [-0.4, -0.2) is 34.6 Å². The Morgan fingerprint density at radius 2 is 1.27 bits per heavy atom. The fourth-order valence-corrected chi connectivity index (χ4v) is 4.54. The molecule has 0 saturated heterocycles. The summed E-state index contributed by atoms with van der Waals surface area (Å²) >= 11 is -1.73. The number of fused-ring (bicyclic) bond motifs is 1. The highest BCUT2D eigenvalue weighted by Crippen LogP contribution is 2.52. The summed E-state index contributed by atoms with van der Waals surface area (Å²) in [6, 6.07) is 10.1. The summed E-state index contributed by atoms with van der Waals surface area (Å²) in [4.78, 5) is 35.2. The first-order valence-electron chi connectivity index (χ1n) is 11.6. The molecule has 0 amide bonds. The molecule has 0 radical (unpaired) electrons. The van der Waals surface area contributed by atoms with Crippen LogP contribution in [0.25, 0.3) is 10.8 Å². The van der Waals surface area contributed by atoms with Crippen molar-refractivity contribution in [3.05, 3.63) is 52.6 Å². The van der Waals surface area contributed by atoms with E-state index in [9.17, 15) is 24.3 Å². The first-order valence-corrected chi connectivity index (χ1v) is 12.7. The number of carbonyl (C=O) groups is 2.